The SMILES string of the molecule is COc1ccc(CNC2CCSC2)cn1. The van der Waals surface area contributed by atoms with Gasteiger partial charge in [-0.1, -0.05) is 6.07 Å². The van der Waals surface area contributed by atoms with Crippen LogP contribution < -0.4 is 10.1 Å². The summed E-state index contributed by atoms with van der Waals surface area (Å²) in [5.41, 5.74) is 1.22. The molecule has 15 heavy (non-hydrogen) atoms. The maximum atomic E-state index is 5.01. The van der Waals surface area contributed by atoms with Crippen LogP contribution >= 0.6 is 11.8 Å². The molecule has 2 heterocycles. The molecule has 0 radical (unpaired) electrons. The van der Waals surface area contributed by atoms with E-state index in [0.29, 0.717) is 11.9 Å². The van der Waals surface area contributed by atoms with E-state index < -0.39 is 0 Å². The van der Waals surface area contributed by atoms with Crippen LogP contribution in [0, 0.1) is 0 Å². The fourth-order valence-corrected chi connectivity index (χ4v) is 2.78. The summed E-state index contributed by atoms with van der Waals surface area (Å²) in [6.07, 6.45) is 3.15. The summed E-state index contributed by atoms with van der Waals surface area (Å²) in [6.45, 7) is 0.905. The molecule has 4 heteroatoms. The highest BCUT2D eigenvalue weighted by molar-refractivity contribution is 7.99. The molecular formula is C11H16N2OS. The molecule has 3 nitrogen and oxygen atoms in total. The largest absolute Gasteiger partial charge is 0.481 e. The molecule has 2 rings (SSSR count). The van der Waals surface area contributed by atoms with Crippen molar-refractivity contribution in [2.24, 2.45) is 0 Å². The Kier molecular flexibility index (Phi) is 3.86. The number of methoxy groups -OCH3 is 1. The van der Waals surface area contributed by atoms with E-state index in [-0.39, 0.29) is 0 Å². The minimum Gasteiger partial charge on any atom is -0.481 e. The fraction of sp³-hybridized carbons (Fsp3) is 0.545. The Bertz CT molecular complexity index is 296. The lowest BCUT2D eigenvalue weighted by Crippen LogP contribution is -2.27. The van der Waals surface area contributed by atoms with E-state index in [0.717, 1.165) is 6.54 Å². The summed E-state index contributed by atoms with van der Waals surface area (Å²) in [5.74, 6) is 3.21. The van der Waals surface area contributed by atoms with E-state index >= 15 is 0 Å². The summed E-state index contributed by atoms with van der Waals surface area (Å²) in [4.78, 5) is 4.17. The number of rotatable bonds is 4. The van der Waals surface area contributed by atoms with E-state index in [4.69, 9.17) is 4.74 Å². The van der Waals surface area contributed by atoms with E-state index in [9.17, 15) is 0 Å². The quantitative estimate of drug-likeness (QED) is 0.844. The van der Waals surface area contributed by atoms with E-state index in [2.05, 4.69) is 16.4 Å². The van der Waals surface area contributed by atoms with Gasteiger partial charge in [-0.15, -0.1) is 0 Å². The van der Waals surface area contributed by atoms with Gasteiger partial charge in [0.1, 0.15) is 0 Å². The van der Waals surface area contributed by atoms with Crippen molar-refractivity contribution in [3.05, 3.63) is 23.9 Å². The number of nitrogens with zero attached hydrogens (tertiary/aromatic N) is 1. The average Bonchev–Trinajstić information content (AvgIpc) is 2.80. The second-order valence-corrected chi connectivity index (χ2v) is 4.80. The molecule has 1 aromatic heterocycles. The Morgan fingerprint density at radius 3 is 3.13 bits per heavy atom. The maximum absolute atomic E-state index is 5.01. The minimum atomic E-state index is 0.676. The van der Waals surface area contributed by atoms with Crippen LogP contribution in [0.5, 0.6) is 5.88 Å². The van der Waals surface area contributed by atoms with Crippen LogP contribution in [0.2, 0.25) is 0 Å². The van der Waals surface area contributed by atoms with Gasteiger partial charge in [-0.3, -0.25) is 0 Å². The molecule has 0 aromatic carbocycles. The highest BCUT2D eigenvalue weighted by atomic mass is 32.2. The number of hydrogen-bond donors (Lipinski definition) is 1. The predicted octanol–water partition coefficient (Wildman–Crippen LogP) is 1.69. The summed E-state index contributed by atoms with van der Waals surface area (Å²) >= 11 is 2.03. The second-order valence-electron chi connectivity index (χ2n) is 3.65. The first-order chi connectivity index (χ1) is 7.38. The zero-order chi connectivity index (χ0) is 10.5. The third kappa shape index (κ3) is 3.11. The van der Waals surface area contributed by atoms with Crippen LogP contribution in [-0.4, -0.2) is 29.6 Å². The van der Waals surface area contributed by atoms with E-state index in [1.165, 1.54) is 23.5 Å². The van der Waals surface area contributed by atoms with Crippen molar-refractivity contribution in [2.45, 2.75) is 19.0 Å². The van der Waals surface area contributed by atoms with Gasteiger partial charge in [0.25, 0.3) is 0 Å². The standard InChI is InChI=1S/C11H16N2OS/c1-14-11-3-2-9(7-13-11)6-12-10-4-5-15-8-10/h2-3,7,10,12H,4-6,8H2,1H3. The number of hydrogen-bond acceptors (Lipinski definition) is 4. The minimum absolute atomic E-state index is 0.676. The highest BCUT2D eigenvalue weighted by Gasteiger charge is 2.14. The number of thioether (sulfide) groups is 1. The number of pyridine rings is 1. The Labute approximate surface area is 94.6 Å². The molecular weight excluding hydrogens is 208 g/mol. The van der Waals surface area contributed by atoms with Crippen molar-refractivity contribution in [3.63, 3.8) is 0 Å². The lowest BCUT2D eigenvalue weighted by atomic mass is 10.2. The predicted molar refractivity (Wildman–Crippen MR) is 63.4 cm³/mol. The van der Waals surface area contributed by atoms with Gasteiger partial charge < -0.3 is 10.1 Å². The summed E-state index contributed by atoms with van der Waals surface area (Å²) in [7, 11) is 1.63. The zero-order valence-corrected chi connectivity index (χ0v) is 9.72. The number of ether oxygens (including phenoxy) is 1. The Morgan fingerprint density at radius 2 is 2.53 bits per heavy atom. The maximum Gasteiger partial charge on any atom is 0.212 e. The van der Waals surface area contributed by atoms with Crippen LogP contribution in [0.25, 0.3) is 0 Å². The molecule has 1 fully saturated rings. The van der Waals surface area contributed by atoms with Crippen molar-refractivity contribution in [2.75, 3.05) is 18.6 Å². The molecule has 0 aliphatic carbocycles. The normalized spacial score (nSPS) is 20.5. The number of nitrogens with one attached hydrogen (secondary N) is 1. The molecule has 1 unspecified atom stereocenters. The van der Waals surface area contributed by atoms with Gasteiger partial charge in [-0.25, -0.2) is 4.98 Å². The van der Waals surface area contributed by atoms with E-state index in [1.54, 1.807) is 7.11 Å². The molecule has 1 N–H and O–H groups in total. The molecule has 82 valence electrons. The smallest absolute Gasteiger partial charge is 0.212 e. The molecule has 1 aliphatic rings. The Hall–Kier alpha value is -0.740. The fourth-order valence-electron chi connectivity index (χ4n) is 1.59. The second kappa shape index (κ2) is 5.37. The Morgan fingerprint density at radius 1 is 1.60 bits per heavy atom. The summed E-state index contributed by atoms with van der Waals surface area (Å²) < 4.78 is 5.01. The third-order valence-corrected chi connectivity index (χ3v) is 3.69. The van der Waals surface area contributed by atoms with Gasteiger partial charge in [0, 0.05) is 30.6 Å². The van der Waals surface area contributed by atoms with Gasteiger partial charge in [0.15, 0.2) is 0 Å². The van der Waals surface area contributed by atoms with Gasteiger partial charge >= 0.3 is 0 Å². The van der Waals surface area contributed by atoms with Gasteiger partial charge in [-0.2, -0.15) is 11.8 Å². The highest BCUT2D eigenvalue weighted by Crippen LogP contribution is 2.17. The topological polar surface area (TPSA) is 34.1 Å². The molecule has 0 amide bonds. The average molecular weight is 224 g/mol. The molecule has 0 saturated carbocycles. The van der Waals surface area contributed by atoms with Crippen molar-refractivity contribution in [3.8, 4) is 5.88 Å². The Balaban J connectivity index is 1.82. The third-order valence-electron chi connectivity index (χ3n) is 2.53. The van der Waals surface area contributed by atoms with Crippen LogP contribution in [0.4, 0.5) is 0 Å². The van der Waals surface area contributed by atoms with Crippen LogP contribution in [0.15, 0.2) is 18.3 Å². The monoisotopic (exact) mass is 224 g/mol. The summed E-state index contributed by atoms with van der Waals surface area (Å²) in [6, 6.07) is 4.64. The van der Waals surface area contributed by atoms with Crippen LogP contribution in [-0.2, 0) is 6.54 Å². The first kappa shape index (κ1) is 10.8. The van der Waals surface area contributed by atoms with Gasteiger partial charge in [-0.05, 0) is 17.7 Å². The zero-order valence-electron chi connectivity index (χ0n) is 8.90. The first-order valence-electron chi connectivity index (χ1n) is 5.18. The van der Waals surface area contributed by atoms with Gasteiger partial charge in [0.05, 0.1) is 7.11 Å². The van der Waals surface area contributed by atoms with Crippen molar-refractivity contribution >= 4 is 11.8 Å². The van der Waals surface area contributed by atoms with Crippen molar-refractivity contribution in [1.82, 2.24) is 10.3 Å². The van der Waals surface area contributed by atoms with Crippen LogP contribution in [0.1, 0.15) is 12.0 Å². The molecule has 1 saturated heterocycles. The summed E-state index contributed by atoms with van der Waals surface area (Å²) in [5, 5.41) is 3.53. The molecule has 0 spiro atoms. The molecule has 0 bridgehead atoms. The molecule has 1 aliphatic heterocycles. The van der Waals surface area contributed by atoms with Crippen molar-refractivity contribution in [1.29, 1.82) is 0 Å². The lowest BCUT2D eigenvalue weighted by Gasteiger charge is -2.10. The first-order valence-corrected chi connectivity index (χ1v) is 6.34. The molecule has 1 aromatic rings. The van der Waals surface area contributed by atoms with Crippen molar-refractivity contribution < 1.29 is 4.74 Å². The van der Waals surface area contributed by atoms with Gasteiger partial charge in [0.2, 0.25) is 5.88 Å². The van der Waals surface area contributed by atoms with Crippen LogP contribution in [0.3, 0.4) is 0 Å². The lowest BCUT2D eigenvalue weighted by molar-refractivity contribution is 0.397. The molecule has 1 atom stereocenters. The number of aromatic nitrogens is 1. The van der Waals surface area contributed by atoms with E-state index in [1.807, 2.05) is 24.0 Å².